The van der Waals surface area contributed by atoms with Gasteiger partial charge < -0.3 is 10.4 Å². The minimum absolute atomic E-state index is 0.384. The lowest BCUT2D eigenvalue weighted by molar-refractivity contribution is -0.0961. The number of hydrogen-bond acceptors (Lipinski definition) is 2. The van der Waals surface area contributed by atoms with E-state index in [9.17, 15) is 22.7 Å². The molecule has 0 amide bonds. The van der Waals surface area contributed by atoms with Crippen molar-refractivity contribution in [2.75, 3.05) is 6.54 Å². The number of alkyl halides is 4. The first kappa shape index (κ1) is 10.2. The Bertz CT molecular complexity index is 237. The largest absolute Gasteiger partial charge is 0.385 e. The summed E-state index contributed by atoms with van der Waals surface area (Å²) in [6, 6.07) is 0. The van der Waals surface area contributed by atoms with Gasteiger partial charge in [0.25, 0.3) is 5.92 Å². The predicted octanol–water partition coefficient (Wildman–Crippen LogP) is 0.795. The fourth-order valence-corrected chi connectivity index (χ4v) is 2.29. The molecule has 1 aliphatic carbocycles. The normalized spacial score (nSPS) is 51.6. The van der Waals surface area contributed by atoms with Gasteiger partial charge in [-0.1, -0.05) is 0 Å². The van der Waals surface area contributed by atoms with Crippen LogP contribution in [-0.4, -0.2) is 41.6 Å². The second-order valence-electron chi connectivity index (χ2n) is 4.11. The first-order valence-electron chi connectivity index (χ1n) is 4.46. The quantitative estimate of drug-likeness (QED) is 0.583. The molecule has 1 spiro atoms. The minimum atomic E-state index is -3.29. The zero-order valence-corrected chi connectivity index (χ0v) is 7.31. The van der Waals surface area contributed by atoms with Gasteiger partial charge in [0.1, 0.15) is 18.4 Å². The maximum atomic E-state index is 12.9. The fraction of sp³-hybridized carbons (Fsp3) is 1.00. The third-order valence-corrected chi connectivity index (χ3v) is 3.11. The molecule has 1 saturated heterocycles. The van der Waals surface area contributed by atoms with Crippen molar-refractivity contribution in [3.63, 3.8) is 0 Å². The summed E-state index contributed by atoms with van der Waals surface area (Å²) in [5.41, 5.74) is -1.47. The van der Waals surface area contributed by atoms with Gasteiger partial charge in [0.15, 0.2) is 0 Å². The Labute approximate surface area is 78.3 Å². The van der Waals surface area contributed by atoms with Gasteiger partial charge in [-0.25, -0.2) is 17.6 Å². The van der Waals surface area contributed by atoms with Crippen molar-refractivity contribution >= 4 is 0 Å². The molecule has 0 aromatic carbocycles. The topological polar surface area (TPSA) is 32.3 Å². The van der Waals surface area contributed by atoms with Crippen molar-refractivity contribution in [1.82, 2.24) is 5.32 Å². The van der Waals surface area contributed by atoms with Gasteiger partial charge in [-0.05, 0) is 0 Å². The molecule has 0 aromatic heterocycles. The Kier molecular flexibility index (Phi) is 2.05. The molecule has 3 unspecified atom stereocenters. The van der Waals surface area contributed by atoms with Crippen LogP contribution >= 0.6 is 0 Å². The van der Waals surface area contributed by atoms with Gasteiger partial charge in [0, 0.05) is 12.8 Å². The molecule has 2 fully saturated rings. The third kappa shape index (κ3) is 1.24. The van der Waals surface area contributed by atoms with Crippen LogP contribution in [0.25, 0.3) is 0 Å². The summed E-state index contributed by atoms with van der Waals surface area (Å²) in [4.78, 5) is 0. The molecule has 1 heterocycles. The summed E-state index contributed by atoms with van der Waals surface area (Å²) in [6.07, 6.45) is -6.28. The molecule has 2 N–H and O–H groups in total. The van der Waals surface area contributed by atoms with Crippen LogP contribution in [0.1, 0.15) is 12.8 Å². The first-order chi connectivity index (χ1) is 6.37. The van der Waals surface area contributed by atoms with Crippen molar-refractivity contribution in [2.45, 2.75) is 42.8 Å². The Morgan fingerprint density at radius 2 is 1.64 bits per heavy atom. The average Bonchev–Trinajstić information content (AvgIpc) is 2.49. The Morgan fingerprint density at radius 3 is 2.00 bits per heavy atom. The maximum absolute atomic E-state index is 12.9. The van der Waals surface area contributed by atoms with Crippen molar-refractivity contribution in [2.24, 2.45) is 0 Å². The molecule has 14 heavy (non-hydrogen) atoms. The number of aliphatic hydroxyl groups excluding tert-OH is 1. The van der Waals surface area contributed by atoms with E-state index >= 15 is 0 Å². The van der Waals surface area contributed by atoms with Crippen LogP contribution in [0.4, 0.5) is 17.6 Å². The monoisotopic (exact) mass is 213 g/mol. The van der Waals surface area contributed by atoms with E-state index in [1.54, 1.807) is 0 Å². The molecule has 0 radical (unpaired) electrons. The highest BCUT2D eigenvalue weighted by atomic mass is 19.3. The van der Waals surface area contributed by atoms with Gasteiger partial charge in [0.2, 0.25) is 0 Å². The Balaban J connectivity index is 2.20. The van der Waals surface area contributed by atoms with Crippen molar-refractivity contribution in [1.29, 1.82) is 0 Å². The molecule has 1 aliphatic heterocycles. The van der Waals surface area contributed by atoms with Crippen LogP contribution in [0.2, 0.25) is 0 Å². The SMILES string of the molecule is OC1C(F)(F)CNC12CC(F)C(F)C2. The van der Waals surface area contributed by atoms with E-state index in [2.05, 4.69) is 5.32 Å². The lowest BCUT2D eigenvalue weighted by Crippen LogP contribution is -2.48. The van der Waals surface area contributed by atoms with Crippen LogP contribution in [0, 0.1) is 0 Å². The van der Waals surface area contributed by atoms with E-state index in [0.29, 0.717) is 0 Å². The van der Waals surface area contributed by atoms with Crippen LogP contribution in [0.15, 0.2) is 0 Å². The molecular formula is C8H11F4NO. The van der Waals surface area contributed by atoms with Gasteiger partial charge >= 0.3 is 0 Å². The van der Waals surface area contributed by atoms with Crippen molar-refractivity contribution < 1.29 is 22.7 Å². The molecule has 3 atom stereocenters. The van der Waals surface area contributed by atoms with Gasteiger partial charge in [-0.3, -0.25) is 0 Å². The van der Waals surface area contributed by atoms with E-state index in [0.717, 1.165) is 0 Å². The predicted molar refractivity (Wildman–Crippen MR) is 40.7 cm³/mol. The first-order valence-corrected chi connectivity index (χ1v) is 4.46. The molecule has 0 aromatic rings. The second-order valence-corrected chi connectivity index (χ2v) is 4.11. The van der Waals surface area contributed by atoms with Crippen molar-refractivity contribution in [3.05, 3.63) is 0 Å². The lowest BCUT2D eigenvalue weighted by atomic mass is 9.91. The maximum Gasteiger partial charge on any atom is 0.287 e. The van der Waals surface area contributed by atoms with E-state index in [-0.39, 0.29) is 12.8 Å². The number of halogens is 4. The minimum Gasteiger partial charge on any atom is -0.385 e. The number of hydrogen-bond donors (Lipinski definition) is 2. The summed E-state index contributed by atoms with van der Waals surface area (Å²) in [6.45, 7) is -0.715. The Morgan fingerprint density at radius 1 is 1.14 bits per heavy atom. The van der Waals surface area contributed by atoms with Crippen LogP contribution < -0.4 is 5.32 Å². The van der Waals surface area contributed by atoms with Gasteiger partial charge in [-0.15, -0.1) is 0 Å². The van der Waals surface area contributed by atoms with Crippen LogP contribution in [0.5, 0.6) is 0 Å². The molecule has 2 aliphatic rings. The summed E-state index contributed by atoms with van der Waals surface area (Å²) in [7, 11) is 0. The van der Waals surface area contributed by atoms with E-state index in [1.165, 1.54) is 0 Å². The van der Waals surface area contributed by atoms with Gasteiger partial charge in [-0.2, -0.15) is 0 Å². The third-order valence-electron chi connectivity index (χ3n) is 3.11. The van der Waals surface area contributed by atoms with Gasteiger partial charge in [0.05, 0.1) is 12.1 Å². The lowest BCUT2D eigenvalue weighted by Gasteiger charge is -2.28. The molecule has 2 rings (SSSR count). The smallest absolute Gasteiger partial charge is 0.287 e. The summed E-state index contributed by atoms with van der Waals surface area (Å²) >= 11 is 0. The molecule has 6 heteroatoms. The molecule has 1 saturated carbocycles. The highest BCUT2D eigenvalue weighted by molar-refractivity contribution is 5.14. The van der Waals surface area contributed by atoms with Crippen molar-refractivity contribution in [3.8, 4) is 0 Å². The van der Waals surface area contributed by atoms with E-state index in [1.807, 2.05) is 0 Å². The van der Waals surface area contributed by atoms with Crippen LogP contribution in [-0.2, 0) is 0 Å². The number of nitrogens with one attached hydrogen (secondary N) is 1. The van der Waals surface area contributed by atoms with E-state index in [4.69, 9.17) is 0 Å². The number of aliphatic hydroxyl groups is 1. The highest BCUT2D eigenvalue weighted by Crippen LogP contribution is 2.44. The Hall–Kier alpha value is -0.360. The molecular weight excluding hydrogens is 202 g/mol. The molecule has 0 bridgehead atoms. The molecule has 82 valence electrons. The highest BCUT2D eigenvalue weighted by Gasteiger charge is 2.63. The summed E-state index contributed by atoms with van der Waals surface area (Å²) in [5, 5.41) is 11.6. The summed E-state index contributed by atoms with van der Waals surface area (Å²) < 4.78 is 51.6. The standard InChI is InChI=1S/C8H11F4NO/c9-4-1-7(2-5(4)10)6(14)8(11,12)3-13-7/h4-6,13-14H,1-3H2. The van der Waals surface area contributed by atoms with E-state index < -0.39 is 36.5 Å². The zero-order chi connectivity index (χ0) is 10.6. The van der Waals surface area contributed by atoms with Crippen LogP contribution in [0.3, 0.4) is 0 Å². The fourth-order valence-electron chi connectivity index (χ4n) is 2.29. The average molecular weight is 213 g/mol. The second kappa shape index (κ2) is 2.82. The molecule has 2 nitrogen and oxygen atoms in total. The zero-order valence-electron chi connectivity index (χ0n) is 7.31. The number of rotatable bonds is 0. The summed E-state index contributed by atoms with van der Waals surface area (Å²) in [5.74, 6) is -3.29.